The highest BCUT2D eigenvalue weighted by Crippen LogP contribution is 2.22. The molecule has 0 amide bonds. The van der Waals surface area contributed by atoms with Crippen LogP contribution in [0.4, 0.5) is 10.1 Å². The number of anilines is 1. The van der Waals surface area contributed by atoms with E-state index in [9.17, 15) is 4.39 Å². The van der Waals surface area contributed by atoms with Gasteiger partial charge in [0.05, 0.1) is 17.3 Å². The Morgan fingerprint density at radius 1 is 1.29 bits per heavy atom. The predicted octanol–water partition coefficient (Wildman–Crippen LogP) is 3.29. The molecule has 1 aromatic rings. The molecule has 1 aromatic carbocycles. The van der Waals surface area contributed by atoms with E-state index in [1.165, 1.54) is 18.2 Å². The minimum absolute atomic E-state index is 0.332. The second-order valence-corrected chi connectivity index (χ2v) is 3.75. The molecule has 0 bridgehead atoms. The Labute approximate surface area is 106 Å². The molecule has 1 N–H and O–H groups in total. The van der Waals surface area contributed by atoms with Crippen LogP contribution in [0.25, 0.3) is 0 Å². The highest BCUT2D eigenvalue weighted by atomic mass is 35.5. The molecular formula is C12H17ClFNO2. The smallest absolute Gasteiger partial charge is 0.174 e. The zero-order chi connectivity index (χ0) is 12.7. The molecule has 0 spiro atoms. The molecule has 0 saturated heterocycles. The van der Waals surface area contributed by atoms with Crippen LogP contribution in [0, 0.1) is 5.82 Å². The highest BCUT2D eigenvalue weighted by Gasteiger charge is 2.09. The van der Waals surface area contributed by atoms with Gasteiger partial charge in [-0.2, -0.15) is 0 Å². The van der Waals surface area contributed by atoms with Crippen LogP contribution in [0.3, 0.4) is 0 Å². The van der Waals surface area contributed by atoms with Gasteiger partial charge in [-0.25, -0.2) is 4.39 Å². The summed E-state index contributed by atoms with van der Waals surface area (Å²) >= 11 is 5.92. The molecule has 1 rings (SSSR count). The van der Waals surface area contributed by atoms with Gasteiger partial charge >= 0.3 is 0 Å². The summed E-state index contributed by atoms with van der Waals surface area (Å²) in [6.07, 6.45) is -0.357. The van der Waals surface area contributed by atoms with E-state index in [1.54, 1.807) is 0 Å². The first-order valence-electron chi connectivity index (χ1n) is 5.59. The fourth-order valence-electron chi connectivity index (χ4n) is 1.36. The first kappa shape index (κ1) is 14.2. The minimum atomic E-state index is -0.357. The Kier molecular flexibility index (Phi) is 6.26. The summed E-state index contributed by atoms with van der Waals surface area (Å²) < 4.78 is 23.7. The van der Waals surface area contributed by atoms with Crippen molar-refractivity contribution in [2.75, 3.05) is 25.1 Å². The van der Waals surface area contributed by atoms with E-state index < -0.39 is 0 Å². The first-order chi connectivity index (χ1) is 8.17. The van der Waals surface area contributed by atoms with Gasteiger partial charge in [0, 0.05) is 13.2 Å². The Balaban J connectivity index is 2.55. The van der Waals surface area contributed by atoms with Gasteiger partial charge < -0.3 is 14.8 Å². The Bertz CT molecular complexity index is 343. The average molecular weight is 262 g/mol. The van der Waals surface area contributed by atoms with Crippen LogP contribution >= 0.6 is 11.6 Å². The summed E-state index contributed by atoms with van der Waals surface area (Å²) in [5.74, 6) is -0.332. The van der Waals surface area contributed by atoms with Crippen molar-refractivity contribution in [2.24, 2.45) is 0 Å². The number of hydrogen-bond donors (Lipinski definition) is 1. The lowest BCUT2D eigenvalue weighted by Crippen LogP contribution is -2.26. The Morgan fingerprint density at radius 2 is 1.94 bits per heavy atom. The van der Waals surface area contributed by atoms with Gasteiger partial charge in [0.25, 0.3) is 0 Å². The monoisotopic (exact) mass is 261 g/mol. The summed E-state index contributed by atoms with van der Waals surface area (Å²) in [4.78, 5) is 0. The molecule has 0 saturated carbocycles. The number of hydrogen-bond acceptors (Lipinski definition) is 3. The third-order valence-corrected chi connectivity index (χ3v) is 2.42. The van der Waals surface area contributed by atoms with Crippen LogP contribution in [0.1, 0.15) is 13.8 Å². The van der Waals surface area contributed by atoms with Crippen LogP contribution < -0.4 is 5.32 Å². The lowest BCUT2D eigenvalue weighted by atomic mass is 10.3. The van der Waals surface area contributed by atoms with E-state index in [2.05, 4.69) is 5.32 Å². The average Bonchev–Trinajstić information content (AvgIpc) is 2.30. The molecular weight excluding hydrogens is 245 g/mol. The van der Waals surface area contributed by atoms with Gasteiger partial charge in [-0.3, -0.25) is 0 Å². The normalized spacial score (nSPS) is 10.9. The van der Waals surface area contributed by atoms with E-state index in [0.29, 0.717) is 30.5 Å². The molecule has 0 aliphatic carbocycles. The summed E-state index contributed by atoms with van der Waals surface area (Å²) in [5.41, 5.74) is 0.538. The summed E-state index contributed by atoms with van der Waals surface area (Å²) in [6.45, 7) is 5.32. The zero-order valence-corrected chi connectivity index (χ0v) is 10.8. The fourth-order valence-corrected chi connectivity index (χ4v) is 1.55. The largest absolute Gasteiger partial charge is 0.379 e. The van der Waals surface area contributed by atoms with Crippen molar-refractivity contribution < 1.29 is 13.9 Å². The maximum absolute atomic E-state index is 13.0. The number of nitrogens with one attached hydrogen (secondary N) is 1. The van der Waals surface area contributed by atoms with E-state index in [-0.39, 0.29) is 12.1 Å². The maximum Gasteiger partial charge on any atom is 0.174 e. The third-order valence-electron chi connectivity index (χ3n) is 2.09. The standard InChI is InChI=1S/C12H17ClFNO2/c1-3-16-12(17-4-2)8-15-11-7-9(14)5-6-10(11)13/h5-7,12,15H,3-4,8H2,1-2H3. The fraction of sp³-hybridized carbons (Fsp3) is 0.500. The van der Waals surface area contributed by atoms with E-state index >= 15 is 0 Å². The van der Waals surface area contributed by atoms with Crippen molar-refractivity contribution >= 4 is 17.3 Å². The van der Waals surface area contributed by atoms with E-state index in [0.717, 1.165) is 0 Å². The van der Waals surface area contributed by atoms with Crippen molar-refractivity contribution in [3.8, 4) is 0 Å². The first-order valence-corrected chi connectivity index (χ1v) is 5.97. The highest BCUT2D eigenvalue weighted by molar-refractivity contribution is 6.33. The Hall–Kier alpha value is -0.840. The van der Waals surface area contributed by atoms with Gasteiger partial charge in [0.2, 0.25) is 0 Å². The van der Waals surface area contributed by atoms with Crippen molar-refractivity contribution in [3.05, 3.63) is 29.0 Å². The predicted molar refractivity (Wildman–Crippen MR) is 66.9 cm³/mol. The van der Waals surface area contributed by atoms with Crippen molar-refractivity contribution in [1.29, 1.82) is 0 Å². The van der Waals surface area contributed by atoms with Gasteiger partial charge in [0.1, 0.15) is 5.82 Å². The summed E-state index contributed by atoms with van der Waals surface area (Å²) in [5, 5.41) is 3.47. The molecule has 5 heteroatoms. The van der Waals surface area contributed by atoms with Crippen LogP contribution in [-0.4, -0.2) is 26.0 Å². The minimum Gasteiger partial charge on any atom is -0.379 e. The van der Waals surface area contributed by atoms with Crippen LogP contribution in [0.2, 0.25) is 5.02 Å². The molecule has 0 fully saturated rings. The van der Waals surface area contributed by atoms with Crippen molar-refractivity contribution in [1.82, 2.24) is 0 Å². The maximum atomic E-state index is 13.0. The molecule has 0 aromatic heterocycles. The quantitative estimate of drug-likeness (QED) is 0.764. The van der Waals surface area contributed by atoms with Crippen molar-refractivity contribution in [3.63, 3.8) is 0 Å². The summed E-state index contributed by atoms with van der Waals surface area (Å²) in [6, 6.07) is 4.17. The molecule has 3 nitrogen and oxygen atoms in total. The van der Waals surface area contributed by atoms with Crippen LogP contribution in [-0.2, 0) is 9.47 Å². The molecule has 0 heterocycles. The number of halogens is 2. The molecule has 0 atom stereocenters. The molecule has 96 valence electrons. The van der Waals surface area contributed by atoms with Crippen molar-refractivity contribution in [2.45, 2.75) is 20.1 Å². The molecule has 0 aliphatic heterocycles. The Morgan fingerprint density at radius 3 is 2.53 bits per heavy atom. The third kappa shape index (κ3) is 4.89. The summed E-state index contributed by atoms with van der Waals surface area (Å²) in [7, 11) is 0. The lowest BCUT2D eigenvalue weighted by Gasteiger charge is -2.18. The molecule has 0 radical (unpaired) electrons. The number of ether oxygens (including phenoxy) is 2. The zero-order valence-electron chi connectivity index (χ0n) is 10.0. The second kappa shape index (κ2) is 7.48. The molecule has 0 aliphatic rings. The topological polar surface area (TPSA) is 30.5 Å². The van der Waals surface area contributed by atoms with E-state index in [1.807, 2.05) is 13.8 Å². The van der Waals surface area contributed by atoms with Gasteiger partial charge in [-0.15, -0.1) is 0 Å². The van der Waals surface area contributed by atoms with Gasteiger partial charge in [-0.1, -0.05) is 11.6 Å². The number of rotatable bonds is 7. The van der Waals surface area contributed by atoms with Crippen LogP contribution in [0.5, 0.6) is 0 Å². The molecule has 0 unspecified atom stereocenters. The lowest BCUT2D eigenvalue weighted by molar-refractivity contribution is -0.126. The van der Waals surface area contributed by atoms with Crippen LogP contribution in [0.15, 0.2) is 18.2 Å². The van der Waals surface area contributed by atoms with Gasteiger partial charge in [0.15, 0.2) is 6.29 Å². The SMILES string of the molecule is CCOC(CNc1cc(F)ccc1Cl)OCC. The number of benzene rings is 1. The van der Waals surface area contributed by atoms with E-state index in [4.69, 9.17) is 21.1 Å². The van der Waals surface area contributed by atoms with Gasteiger partial charge in [-0.05, 0) is 32.0 Å². The second-order valence-electron chi connectivity index (χ2n) is 3.35. The molecule has 17 heavy (non-hydrogen) atoms.